The molecule has 1 heterocycles. The molecule has 0 unspecified atom stereocenters. The highest BCUT2D eigenvalue weighted by molar-refractivity contribution is 5.95. The molecule has 0 bridgehead atoms. The van der Waals surface area contributed by atoms with Crippen LogP contribution in [-0.2, 0) is 4.79 Å². The molecule has 21 heavy (non-hydrogen) atoms. The molecule has 1 aromatic rings. The van der Waals surface area contributed by atoms with Crippen LogP contribution in [0.5, 0.6) is 0 Å². The van der Waals surface area contributed by atoms with E-state index in [2.05, 4.69) is 9.97 Å². The summed E-state index contributed by atoms with van der Waals surface area (Å²) >= 11 is 0. The average Bonchev–Trinajstić information content (AvgIpc) is 2.32. The first-order valence-corrected chi connectivity index (χ1v) is 6.60. The molecule has 0 saturated heterocycles. The number of carbonyl (C=O) groups excluding carboxylic acids is 2. The number of ketones is 2. The van der Waals surface area contributed by atoms with Gasteiger partial charge in [-0.1, -0.05) is 35.6 Å². The zero-order valence-corrected chi connectivity index (χ0v) is 12.8. The van der Waals surface area contributed by atoms with Crippen molar-refractivity contribution in [2.75, 3.05) is 0 Å². The maximum absolute atomic E-state index is 11.7. The Hall–Kier alpha value is -1.58. The summed E-state index contributed by atoms with van der Waals surface area (Å²) in [5.41, 5.74) is 2.36. The van der Waals surface area contributed by atoms with Gasteiger partial charge >= 0.3 is 0 Å². The van der Waals surface area contributed by atoms with Gasteiger partial charge < -0.3 is 4.79 Å². The minimum atomic E-state index is 0. The Kier molecular flexibility index (Phi) is 14.2. The maximum atomic E-state index is 11.7. The number of hydrogen-bond donors (Lipinski definition) is 0. The molecule has 1 aromatic heterocycles. The summed E-state index contributed by atoms with van der Waals surface area (Å²) in [6.45, 7) is 11.3. The van der Waals surface area contributed by atoms with Crippen molar-refractivity contribution in [2.45, 2.75) is 69.2 Å². The zero-order valence-electron chi connectivity index (χ0n) is 12.8. The van der Waals surface area contributed by atoms with Crippen LogP contribution in [0, 0.1) is 19.8 Å². The first-order valence-electron chi connectivity index (χ1n) is 6.60. The Morgan fingerprint density at radius 1 is 1.14 bits per heavy atom. The summed E-state index contributed by atoms with van der Waals surface area (Å²) < 4.78 is 0. The molecule has 4 heteroatoms. The summed E-state index contributed by atoms with van der Waals surface area (Å²) in [7, 11) is 0. The molecule has 0 atom stereocenters. The lowest BCUT2D eigenvalue weighted by Gasteiger charge is -2.06. The SMILES string of the molecule is C.C.CCC(C)=O.Cc1ncnc(C(=O)CC(C)C)c1C. The first kappa shape index (κ1) is 24.4. The van der Waals surface area contributed by atoms with E-state index in [9.17, 15) is 9.59 Å². The predicted octanol–water partition coefficient (Wildman–Crippen LogP) is 4.58. The van der Waals surface area contributed by atoms with Gasteiger partial charge in [0.2, 0.25) is 0 Å². The normalized spacial score (nSPS) is 8.90. The lowest BCUT2D eigenvalue weighted by Crippen LogP contribution is -2.09. The predicted molar refractivity (Wildman–Crippen MR) is 89.7 cm³/mol. The standard InChI is InChI=1S/C11H16N2O.C4H8O.2CH4/c1-7(2)5-10(14)11-8(3)9(4)12-6-13-11;1-3-4(2)5;;/h6-7H,5H2,1-4H3;3H2,1-2H3;2*1H4. The number of hydrogen-bond acceptors (Lipinski definition) is 4. The highest BCUT2D eigenvalue weighted by Gasteiger charge is 2.13. The van der Waals surface area contributed by atoms with Gasteiger partial charge in [0.05, 0.1) is 0 Å². The second-order valence-electron chi connectivity index (χ2n) is 5.01. The van der Waals surface area contributed by atoms with E-state index in [4.69, 9.17) is 0 Å². The number of aromatic nitrogens is 2. The average molecular weight is 296 g/mol. The second kappa shape index (κ2) is 12.2. The largest absolute Gasteiger partial charge is 0.300 e. The van der Waals surface area contributed by atoms with E-state index in [-0.39, 0.29) is 26.4 Å². The van der Waals surface area contributed by atoms with E-state index in [1.807, 2.05) is 34.6 Å². The van der Waals surface area contributed by atoms with Crippen LogP contribution in [0.2, 0.25) is 0 Å². The Labute approximate surface area is 130 Å². The Morgan fingerprint density at radius 2 is 1.62 bits per heavy atom. The summed E-state index contributed by atoms with van der Waals surface area (Å²) in [5, 5.41) is 0. The van der Waals surface area contributed by atoms with Crippen LogP contribution in [0.1, 0.15) is 77.1 Å². The molecule has 0 N–H and O–H groups in total. The molecule has 122 valence electrons. The maximum Gasteiger partial charge on any atom is 0.181 e. The summed E-state index contributed by atoms with van der Waals surface area (Å²) in [6, 6.07) is 0. The molecular formula is C17H32N2O2. The zero-order chi connectivity index (χ0) is 15.0. The molecule has 0 saturated carbocycles. The molecule has 0 aliphatic heterocycles. The molecule has 0 aliphatic carbocycles. The Balaban J connectivity index is -0.000000405. The molecule has 0 fully saturated rings. The first-order chi connectivity index (χ1) is 8.79. The molecule has 0 aromatic carbocycles. The fourth-order valence-electron chi connectivity index (χ4n) is 1.29. The van der Waals surface area contributed by atoms with Gasteiger partial charge in [0, 0.05) is 18.5 Å². The minimum Gasteiger partial charge on any atom is -0.300 e. The smallest absolute Gasteiger partial charge is 0.181 e. The summed E-state index contributed by atoms with van der Waals surface area (Å²) in [5.74, 6) is 0.741. The van der Waals surface area contributed by atoms with E-state index in [1.54, 1.807) is 6.92 Å². The topological polar surface area (TPSA) is 59.9 Å². The Morgan fingerprint density at radius 3 is 2.00 bits per heavy atom. The van der Waals surface area contributed by atoms with Gasteiger partial charge in [-0.15, -0.1) is 0 Å². The quantitative estimate of drug-likeness (QED) is 0.763. The van der Waals surface area contributed by atoms with Gasteiger partial charge in [0.25, 0.3) is 0 Å². The third-order valence-corrected chi connectivity index (χ3v) is 2.69. The fraction of sp³-hybridized carbons (Fsp3) is 0.647. The molecule has 4 nitrogen and oxygen atoms in total. The second-order valence-corrected chi connectivity index (χ2v) is 5.01. The monoisotopic (exact) mass is 296 g/mol. The van der Waals surface area contributed by atoms with Crippen molar-refractivity contribution >= 4 is 11.6 Å². The van der Waals surface area contributed by atoms with Crippen LogP contribution < -0.4 is 0 Å². The van der Waals surface area contributed by atoms with E-state index >= 15 is 0 Å². The lowest BCUT2D eigenvalue weighted by molar-refractivity contribution is -0.116. The van der Waals surface area contributed by atoms with Gasteiger partial charge in [-0.05, 0) is 32.3 Å². The molecule has 1 rings (SSSR count). The fourth-order valence-corrected chi connectivity index (χ4v) is 1.29. The third kappa shape index (κ3) is 9.88. The molecule has 0 radical (unpaired) electrons. The third-order valence-electron chi connectivity index (χ3n) is 2.69. The molecular weight excluding hydrogens is 264 g/mol. The van der Waals surface area contributed by atoms with Gasteiger partial charge in [0.15, 0.2) is 5.78 Å². The van der Waals surface area contributed by atoms with Gasteiger partial charge in [-0.2, -0.15) is 0 Å². The number of aryl methyl sites for hydroxylation is 1. The lowest BCUT2D eigenvalue weighted by atomic mass is 10.0. The van der Waals surface area contributed by atoms with Crippen molar-refractivity contribution in [3.05, 3.63) is 23.3 Å². The van der Waals surface area contributed by atoms with E-state index in [0.717, 1.165) is 11.3 Å². The van der Waals surface area contributed by atoms with E-state index in [0.29, 0.717) is 24.5 Å². The highest BCUT2D eigenvalue weighted by Crippen LogP contribution is 2.12. The Bertz CT molecular complexity index is 440. The van der Waals surface area contributed by atoms with Gasteiger partial charge in [0.1, 0.15) is 17.8 Å². The van der Waals surface area contributed by atoms with Crippen molar-refractivity contribution in [3.63, 3.8) is 0 Å². The van der Waals surface area contributed by atoms with Crippen molar-refractivity contribution in [1.29, 1.82) is 0 Å². The molecule has 0 aliphatic rings. The summed E-state index contributed by atoms with van der Waals surface area (Å²) in [4.78, 5) is 29.6. The van der Waals surface area contributed by atoms with Crippen LogP contribution in [0.4, 0.5) is 0 Å². The van der Waals surface area contributed by atoms with Crippen LogP contribution in [0.3, 0.4) is 0 Å². The van der Waals surface area contributed by atoms with Crippen LogP contribution in [0.25, 0.3) is 0 Å². The van der Waals surface area contributed by atoms with Crippen LogP contribution >= 0.6 is 0 Å². The molecule has 0 amide bonds. The number of Topliss-reactive ketones (excluding diaryl/α,β-unsaturated/α-hetero) is 2. The van der Waals surface area contributed by atoms with Crippen molar-refractivity contribution < 1.29 is 9.59 Å². The minimum absolute atomic E-state index is 0. The van der Waals surface area contributed by atoms with E-state index in [1.165, 1.54) is 6.33 Å². The number of nitrogens with zero attached hydrogens (tertiary/aromatic N) is 2. The molecule has 0 spiro atoms. The van der Waals surface area contributed by atoms with E-state index < -0.39 is 0 Å². The van der Waals surface area contributed by atoms with Crippen molar-refractivity contribution in [3.8, 4) is 0 Å². The van der Waals surface area contributed by atoms with Gasteiger partial charge in [-0.3, -0.25) is 4.79 Å². The number of carbonyl (C=O) groups is 2. The highest BCUT2D eigenvalue weighted by atomic mass is 16.1. The number of rotatable bonds is 4. The van der Waals surface area contributed by atoms with Gasteiger partial charge in [-0.25, -0.2) is 9.97 Å². The van der Waals surface area contributed by atoms with Crippen molar-refractivity contribution in [2.24, 2.45) is 5.92 Å². The van der Waals surface area contributed by atoms with Crippen molar-refractivity contribution in [1.82, 2.24) is 9.97 Å². The summed E-state index contributed by atoms with van der Waals surface area (Å²) in [6.07, 6.45) is 2.67. The van der Waals surface area contributed by atoms with Crippen LogP contribution in [0.15, 0.2) is 6.33 Å². The van der Waals surface area contributed by atoms with Crippen LogP contribution in [-0.4, -0.2) is 21.5 Å².